The molecule has 0 radical (unpaired) electrons. The Hall–Kier alpha value is -0.490. The normalized spacial score (nSPS) is 12.7. The lowest BCUT2D eigenvalue weighted by atomic mass is 10.1. The van der Waals surface area contributed by atoms with Crippen molar-refractivity contribution in [3.63, 3.8) is 0 Å². The lowest BCUT2D eigenvalue weighted by molar-refractivity contribution is 0.188. The molecule has 1 atom stereocenters. The summed E-state index contributed by atoms with van der Waals surface area (Å²) in [6.07, 6.45) is 3.65. The third kappa shape index (κ3) is 4.25. The fourth-order valence-electron chi connectivity index (χ4n) is 1.34. The Balaban J connectivity index is 2.53. The van der Waals surface area contributed by atoms with Crippen LogP contribution in [0.5, 0.6) is 0 Å². The Morgan fingerprint density at radius 2 is 2.40 bits per heavy atom. The van der Waals surface area contributed by atoms with Gasteiger partial charge in [0.15, 0.2) is 0 Å². The molecule has 1 aromatic rings. The number of nitrogens with two attached hydrogens (primary N) is 1. The van der Waals surface area contributed by atoms with Crippen LogP contribution in [-0.2, 0) is 4.74 Å². The molecule has 0 aliphatic carbocycles. The summed E-state index contributed by atoms with van der Waals surface area (Å²) in [6, 6.07) is 4.01. The summed E-state index contributed by atoms with van der Waals surface area (Å²) in [5.41, 5.74) is 3.72. The number of methoxy groups -OCH3 is 1. The van der Waals surface area contributed by atoms with Crippen molar-refractivity contribution in [1.29, 1.82) is 0 Å². The Morgan fingerprint density at radius 1 is 1.60 bits per heavy atom. The van der Waals surface area contributed by atoms with E-state index in [9.17, 15) is 0 Å². The van der Waals surface area contributed by atoms with E-state index >= 15 is 0 Å². The molecule has 1 aromatic heterocycles. The van der Waals surface area contributed by atoms with Gasteiger partial charge in [0.05, 0.1) is 11.7 Å². The Bertz CT molecular complexity index is 279. The van der Waals surface area contributed by atoms with Gasteiger partial charge in [0.1, 0.15) is 0 Å². The maximum Gasteiger partial charge on any atom is 0.0633 e. The SMILES string of the molecule is COCCCC(NN)c1ccc(Br)cn1. The lowest BCUT2D eigenvalue weighted by Crippen LogP contribution is -2.28. The van der Waals surface area contributed by atoms with Crippen molar-refractivity contribution in [3.05, 3.63) is 28.5 Å². The molecule has 15 heavy (non-hydrogen) atoms. The number of rotatable bonds is 6. The topological polar surface area (TPSA) is 60.2 Å². The molecule has 0 aliphatic rings. The zero-order chi connectivity index (χ0) is 11.1. The van der Waals surface area contributed by atoms with Crippen LogP contribution >= 0.6 is 15.9 Å². The second-order valence-electron chi connectivity index (χ2n) is 3.26. The minimum atomic E-state index is 0.0910. The third-order valence-corrected chi connectivity index (χ3v) is 2.62. The van der Waals surface area contributed by atoms with Gasteiger partial charge >= 0.3 is 0 Å². The molecular weight excluding hydrogens is 258 g/mol. The molecule has 5 heteroatoms. The van der Waals surface area contributed by atoms with E-state index in [0.29, 0.717) is 0 Å². The van der Waals surface area contributed by atoms with E-state index < -0.39 is 0 Å². The van der Waals surface area contributed by atoms with Crippen molar-refractivity contribution in [3.8, 4) is 0 Å². The average molecular weight is 274 g/mol. The van der Waals surface area contributed by atoms with Gasteiger partial charge in [-0.3, -0.25) is 16.3 Å². The number of nitrogens with zero attached hydrogens (tertiary/aromatic N) is 1. The summed E-state index contributed by atoms with van der Waals surface area (Å²) in [5.74, 6) is 5.48. The Kier molecular flexibility index (Phi) is 5.78. The number of pyridine rings is 1. The minimum Gasteiger partial charge on any atom is -0.385 e. The van der Waals surface area contributed by atoms with Gasteiger partial charge in [0.2, 0.25) is 0 Å². The van der Waals surface area contributed by atoms with Gasteiger partial charge in [-0.2, -0.15) is 0 Å². The minimum absolute atomic E-state index is 0.0910. The first-order chi connectivity index (χ1) is 7.27. The van der Waals surface area contributed by atoms with Crippen LogP contribution in [0.25, 0.3) is 0 Å². The summed E-state index contributed by atoms with van der Waals surface area (Å²) in [6.45, 7) is 0.745. The highest BCUT2D eigenvalue weighted by atomic mass is 79.9. The van der Waals surface area contributed by atoms with Crippen LogP contribution in [0.3, 0.4) is 0 Å². The fourth-order valence-corrected chi connectivity index (χ4v) is 1.58. The van der Waals surface area contributed by atoms with Crippen molar-refractivity contribution < 1.29 is 4.74 Å². The molecule has 0 spiro atoms. The zero-order valence-corrected chi connectivity index (χ0v) is 10.3. The Labute approximate surface area is 98.3 Å². The highest BCUT2D eigenvalue weighted by Crippen LogP contribution is 2.17. The molecule has 0 saturated heterocycles. The standard InChI is InChI=1S/C10H16BrN3O/c1-15-6-2-3-10(14-12)9-5-4-8(11)7-13-9/h4-5,7,10,14H,2-3,6,12H2,1H3. The van der Waals surface area contributed by atoms with Crippen LogP contribution in [0.1, 0.15) is 24.6 Å². The molecule has 0 aliphatic heterocycles. The average Bonchev–Trinajstić information content (AvgIpc) is 2.26. The summed E-state index contributed by atoms with van der Waals surface area (Å²) in [4.78, 5) is 4.30. The number of hydrazine groups is 1. The predicted octanol–water partition coefficient (Wildman–Crippen LogP) is 1.78. The van der Waals surface area contributed by atoms with Crippen molar-refractivity contribution in [2.45, 2.75) is 18.9 Å². The molecule has 1 heterocycles. The van der Waals surface area contributed by atoms with Crippen LogP contribution in [0.15, 0.2) is 22.8 Å². The monoisotopic (exact) mass is 273 g/mol. The summed E-state index contributed by atoms with van der Waals surface area (Å²) in [7, 11) is 1.70. The highest BCUT2D eigenvalue weighted by Gasteiger charge is 2.10. The number of halogens is 1. The molecule has 0 aromatic carbocycles. The quantitative estimate of drug-likeness (QED) is 0.471. The molecule has 0 fully saturated rings. The van der Waals surface area contributed by atoms with E-state index in [1.54, 1.807) is 13.3 Å². The first kappa shape index (κ1) is 12.6. The number of hydrogen-bond donors (Lipinski definition) is 2. The number of hydrogen-bond acceptors (Lipinski definition) is 4. The van der Waals surface area contributed by atoms with Crippen LogP contribution in [-0.4, -0.2) is 18.7 Å². The van der Waals surface area contributed by atoms with Gasteiger partial charge in [0, 0.05) is 24.4 Å². The molecular formula is C10H16BrN3O. The lowest BCUT2D eigenvalue weighted by Gasteiger charge is -2.14. The maximum atomic E-state index is 5.48. The molecule has 3 N–H and O–H groups in total. The van der Waals surface area contributed by atoms with Gasteiger partial charge in [-0.15, -0.1) is 0 Å². The molecule has 1 unspecified atom stereocenters. The Morgan fingerprint density at radius 3 is 2.93 bits per heavy atom. The maximum absolute atomic E-state index is 5.48. The zero-order valence-electron chi connectivity index (χ0n) is 8.74. The van der Waals surface area contributed by atoms with Crippen LogP contribution in [0.4, 0.5) is 0 Å². The van der Waals surface area contributed by atoms with Crippen molar-refractivity contribution in [2.24, 2.45) is 5.84 Å². The van der Waals surface area contributed by atoms with Crippen LogP contribution in [0, 0.1) is 0 Å². The molecule has 0 bridgehead atoms. The largest absolute Gasteiger partial charge is 0.385 e. The van der Waals surface area contributed by atoms with E-state index in [1.807, 2.05) is 12.1 Å². The second-order valence-corrected chi connectivity index (χ2v) is 4.17. The van der Waals surface area contributed by atoms with Gasteiger partial charge in [0.25, 0.3) is 0 Å². The molecule has 0 amide bonds. The predicted molar refractivity (Wildman–Crippen MR) is 63.1 cm³/mol. The van der Waals surface area contributed by atoms with E-state index in [4.69, 9.17) is 10.6 Å². The van der Waals surface area contributed by atoms with Crippen molar-refractivity contribution in [2.75, 3.05) is 13.7 Å². The highest BCUT2D eigenvalue weighted by molar-refractivity contribution is 9.10. The molecule has 84 valence electrons. The van der Waals surface area contributed by atoms with Gasteiger partial charge < -0.3 is 4.74 Å². The smallest absolute Gasteiger partial charge is 0.0633 e. The van der Waals surface area contributed by atoms with Crippen LogP contribution in [0.2, 0.25) is 0 Å². The first-order valence-corrected chi connectivity index (χ1v) is 5.63. The second kappa shape index (κ2) is 6.90. The first-order valence-electron chi connectivity index (χ1n) is 4.84. The summed E-state index contributed by atoms with van der Waals surface area (Å²) >= 11 is 3.35. The van der Waals surface area contributed by atoms with E-state index in [2.05, 4.69) is 26.3 Å². The van der Waals surface area contributed by atoms with Gasteiger partial charge in [-0.1, -0.05) is 0 Å². The molecule has 1 rings (SSSR count). The van der Waals surface area contributed by atoms with Crippen molar-refractivity contribution in [1.82, 2.24) is 10.4 Å². The van der Waals surface area contributed by atoms with E-state index in [-0.39, 0.29) is 6.04 Å². The molecule has 4 nitrogen and oxygen atoms in total. The number of nitrogens with one attached hydrogen (secondary N) is 1. The van der Waals surface area contributed by atoms with Crippen LogP contribution < -0.4 is 11.3 Å². The van der Waals surface area contributed by atoms with Crippen molar-refractivity contribution >= 4 is 15.9 Å². The third-order valence-electron chi connectivity index (χ3n) is 2.15. The molecule has 0 saturated carbocycles. The summed E-state index contributed by atoms with van der Waals surface area (Å²) < 4.78 is 5.97. The fraction of sp³-hybridized carbons (Fsp3) is 0.500. The van der Waals surface area contributed by atoms with Gasteiger partial charge in [-0.25, -0.2) is 0 Å². The number of ether oxygens (including phenoxy) is 1. The van der Waals surface area contributed by atoms with E-state index in [1.165, 1.54) is 0 Å². The number of aromatic nitrogens is 1. The summed E-state index contributed by atoms with van der Waals surface area (Å²) in [5, 5.41) is 0. The van der Waals surface area contributed by atoms with E-state index in [0.717, 1.165) is 29.6 Å². The van der Waals surface area contributed by atoms with Gasteiger partial charge in [-0.05, 0) is 40.9 Å².